The number of aldehydes is 1. The molecular weight excluding hydrogens is 200 g/mol. The smallest absolute Gasteiger partial charge is 0.120 e. The Morgan fingerprint density at radius 2 is 2.19 bits per heavy atom. The van der Waals surface area contributed by atoms with Gasteiger partial charge in [-0.1, -0.05) is 12.1 Å². The van der Waals surface area contributed by atoms with Crippen molar-refractivity contribution in [2.24, 2.45) is 0 Å². The van der Waals surface area contributed by atoms with Crippen molar-refractivity contribution in [3.05, 3.63) is 30.1 Å². The van der Waals surface area contributed by atoms with Gasteiger partial charge >= 0.3 is 0 Å². The van der Waals surface area contributed by atoms with Crippen molar-refractivity contribution in [1.82, 2.24) is 9.55 Å². The quantitative estimate of drug-likeness (QED) is 0.568. The molecule has 16 heavy (non-hydrogen) atoms. The van der Waals surface area contributed by atoms with Crippen molar-refractivity contribution in [2.75, 3.05) is 0 Å². The van der Waals surface area contributed by atoms with Crippen molar-refractivity contribution in [2.45, 2.75) is 32.7 Å². The summed E-state index contributed by atoms with van der Waals surface area (Å²) in [6.07, 6.45) is 3.35. The summed E-state index contributed by atoms with van der Waals surface area (Å²) < 4.78 is 2.22. The van der Waals surface area contributed by atoms with Gasteiger partial charge in [-0.2, -0.15) is 0 Å². The second-order valence-corrected chi connectivity index (χ2v) is 3.82. The predicted molar refractivity (Wildman–Crippen MR) is 64.4 cm³/mol. The largest absolute Gasteiger partial charge is 0.328 e. The van der Waals surface area contributed by atoms with Crippen molar-refractivity contribution in [3.8, 4) is 0 Å². The number of hydrogen-bond donors (Lipinski definition) is 0. The van der Waals surface area contributed by atoms with E-state index in [1.165, 1.54) is 5.52 Å². The average Bonchev–Trinajstić information content (AvgIpc) is 2.67. The number of rotatable bonds is 5. The van der Waals surface area contributed by atoms with Crippen LogP contribution in [0.5, 0.6) is 0 Å². The minimum Gasteiger partial charge on any atom is -0.328 e. The molecule has 0 aliphatic rings. The highest BCUT2D eigenvalue weighted by Crippen LogP contribution is 2.17. The van der Waals surface area contributed by atoms with E-state index in [0.29, 0.717) is 6.42 Å². The molecule has 0 fully saturated rings. The van der Waals surface area contributed by atoms with E-state index in [-0.39, 0.29) is 0 Å². The minimum atomic E-state index is 0.618. The number of hydrogen-bond acceptors (Lipinski definition) is 2. The third-order valence-electron chi connectivity index (χ3n) is 2.77. The molecule has 0 bridgehead atoms. The van der Waals surface area contributed by atoms with Crippen molar-refractivity contribution >= 4 is 17.3 Å². The topological polar surface area (TPSA) is 34.9 Å². The highest BCUT2D eigenvalue weighted by molar-refractivity contribution is 5.75. The molecule has 1 heterocycles. The Morgan fingerprint density at radius 1 is 1.38 bits per heavy atom. The zero-order valence-corrected chi connectivity index (χ0v) is 9.52. The highest BCUT2D eigenvalue weighted by atomic mass is 16.1. The van der Waals surface area contributed by atoms with Gasteiger partial charge in [-0.3, -0.25) is 0 Å². The number of fused-ring (bicyclic) bond motifs is 1. The molecule has 84 valence electrons. The molecule has 2 rings (SSSR count). The first-order valence-corrected chi connectivity index (χ1v) is 5.74. The molecule has 1 aromatic heterocycles. The Hall–Kier alpha value is -1.64. The maximum atomic E-state index is 10.3. The van der Waals surface area contributed by atoms with Crippen LogP contribution < -0.4 is 0 Å². The molecule has 3 nitrogen and oxygen atoms in total. The monoisotopic (exact) mass is 216 g/mol. The van der Waals surface area contributed by atoms with Gasteiger partial charge in [-0.25, -0.2) is 4.98 Å². The average molecular weight is 216 g/mol. The maximum Gasteiger partial charge on any atom is 0.120 e. The third kappa shape index (κ3) is 1.98. The summed E-state index contributed by atoms with van der Waals surface area (Å²) in [7, 11) is 0. The van der Waals surface area contributed by atoms with Crippen molar-refractivity contribution in [3.63, 3.8) is 0 Å². The first-order chi connectivity index (χ1) is 7.86. The number of imidazole rings is 1. The summed E-state index contributed by atoms with van der Waals surface area (Å²) in [5.41, 5.74) is 2.23. The van der Waals surface area contributed by atoms with Crippen LogP contribution in [0.15, 0.2) is 24.3 Å². The lowest BCUT2D eigenvalue weighted by Gasteiger charge is -2.04. The number of unbranched alkanes of at least 4 members (excludes halogenated alkanes) is 1. The van der Waals surface area contributed by atoms with Crippen LogP contribution in [-0.4, -0.2) is 15.8 Å². The summed E-state index contributed by atoms with van der Waals surface area (Å²) in [4.78, 5) is 14.9. The van der Waals surface area contributed by atoms with Gasteiger partial charge in [0.15, 0.2) is 0 Å². The number of aryl methyl sites for hydroxylation is 2. The summed E-state index contributed by atoms with van der Waals surface area (Å²) in [6, 6.07) is 8.16. The van der Waals surface area contributed by atoms with E-state index in [0.717, 1.165) is 37.0 Å². The lowest BCUT2D eigenvalue weighted by Crippen LogP contribution is -2.01. The molecule has 0 atom stereocenters. The van der Waals surface area contributed by atoms with Gasteiger partial charge in [0.1, 0.15) is 12.1 Å². The highest BCUT2D eigenvalue weighted by Gasteiger charge is 2.07. The SMILES string of the molecule is CCn1c(CCCC=O)nc2ccccc21. The standard InChI is InChI=1S/C13H16N2O/c1-2-15-12-8-4-3-7-11(12)14-13(15)9-5-6-10-16/h3-4,7-8,10H,2,5-6,9H2,1H3. The molecule has 0 N–H and O–H groups in total. The Labute approximate surface area is 95.1 Å². The first-order valence-electron chi connectivity index (χ1n) is 5.74. The molecule has 1 aromatic carbocycles. The van der Waals surface area contributed by atoms with Gasteiger partial charge < -0.3 is 9.36 Å². The Kier molecular flexibility index (Phi) is 3.34. The Morgan fingerprint density at radius 3 is 2.94 bits per heavy atom. The van der Waals surface area contributed by atoms with Gasteiger partial charge in [0.2, 0.25) is 0 Å². The second kappa shape index (κ2) is 4.92. The number of nitrogens with zero attached hydrogens (tertiary/aromatic N) is 2. The van der Waals surface area contributed by atoms with Crippen LogP contribution in [0.25, 0.3) is 11.0 Å². The van der Waals surface area contributed by atoms with Crippen LogP contribution in [0.3, 0.4) is 0 Å². The summed E-state index contributed by atoms with van der Waals surface area (Å²) in [6.45, 7) is 3.05. The number of carbonyl (C=O) groups is 1. The van der Waals surface area contributed by atoms with E-state index in [2.05, 4.69) is 22.5 Å². The van der Waals surface area contributed by atoms with Gasteiger partial charge in [0.25, 0.3) is 0 Å². The fraction of sp³-hybridized carbons (Fsp3) is 0.385. The van der Waals surface area contributed by atoms with Crippen molar-refractivity contribution < 1.29 is 4.79 Å². The summed E-state index contributed by atoms with van der Waals surface area (Å²) >= 11 is 0. The molecule has 0 aliphatic carbocycles. The van der Waals surface area contributed by atoms with Crippen LogP contribution in [-0.2, 0) is 17.8 Å². The summed E-state index contributed by atoms with van der Waals surface area (Å²) in [5.74, 6) is 1.09. The van der Waals surface area contributed by atoms with Crippen LogP contribution in [0.2, 0.25) is 0 Å². The van der Waals surface area contributed by atoms with Crippen LogP contribution >= 0.6 is 0 Å². The molecule has 0 radical (unpaired) electrons. The van der Waals surface area contributed by atoms with Gasteiger partial charge in [-0.15, -0.1) is 0 Å². The van der Waals surface area contributed by atoms with Crippen LogP contribution in [0, 0.1) is 0 Å². The number of benzene rings is 1. The zero-order valence-electron chi connectivity index (χ0n) is 9.52. The van der Waals surface area contributed by atoms with E-state index in [4.69, 9.17) is 0 Å². The van der Waals surface area contributed by atoms with E-state index < -0.39 is 0 Å². The first kappa shape index (κ1) is 10.9. The van der Waals surface area contributed by atoms with E-state index in [1.807, 2.05) is 18.2 Å². The molecule has 3 heteroatoms. The fourth-order valence-corrected chi connectivity index (χ4v) is 2.01. The summed E-state index contributed by atoms with van der Waals surface area (Å²) in [5, 5.41) is 0. The molecular formula is C13H16N2O. The lowest BCUT2D eigenvalue weighted by molar-refractivity contribution is -0.107. The number of para-hydroxylation sites is 2. The van der Waals surface area contributed by atoms with E-state index in [9.17, 15) is 4.79 Å². The lowest BCUT2D eigenvalue weighted by atomic mass is 10.2. The van der Waals surface area contributed by atoms with Gasteiger partial charge in [-0.05, 0) is 25.5 Å². The third-order valence-corrected chi connectivity index (χ3v) is 2.77. The van der Waals surface area contributed by atoms with Crippen molar-refractivity contribution in [1.29, 1.82) is 0 Å². The van der Waals surface area contributed by atoms with Gasteiger partial charge in [0.05, 0.1) is 11.0 Å². The molecule has 0 spiro atoms. The minimum absolute atomic E-state index is 0.618. The number of carbonyl (C=O) groups excluding carboxylic acids is 1. The van der Waals surface area contributed by atoms with E-state index >= 15 is 0 Å². The predicted octanol–water partition coefficient (Wildman–Crippen LogP) is 2.58. The molecule has 0 saturated carbocycles. The van der Waals surface area contributed by atoms with Gasteiger partial charge in [0, 0.05) is 19.4 Å². The molecule has 0 amide bonds. The van der Waals surface area contributed by atoms with E-state index in [1.54, 1.807) is 0 Å². The van der Waals surface area contributed by atoms with Crippen LogP contribution in [0.4, 0.5) is 0 Å². The normalized spacial score (nSPS) is 10.8. The molecule has 2 aromatic rings. The van der Waals surface area contributed by atoms with Crippen LogP contribution in [0.1, 0.15) is 25.6 Å². The zero-order chi connectivity index (χ0) is 11.4. The molecule has 0 aliphatic heterocycles. The molecule has 0 saturated heterocycles. The Bertz CT molecular complexity index is 488. The maximum absolute atomic E-state index is 10.3. The Balaban J connectivity index is 2.32. The number of aromatic nitrogens is 2. The fourth-order valence-electron chi connectivity index (χ4n) is 2.01. The second-order valence-electron chi connectivity index (χ2n) is 3.82. The molecule has 0 unspecified atom stereocenters.